The molecule has 1 rings (SSSR count). The number of aliphatic carboxylic acids is 1. The third kappa shape index (κ3) is 1.42. The summed E-state index contributed by atoms with van der Waals surface area (Å²) in [7, 11) is 1.48. The Morgan fingerprint density at radius 2 is 2.42 bits per heavy atom. The fourth-order valence-corrected chi connectivity index (χ4v) is 1.16. The minimum Gasteiger partial charge on any atom is -0.495 e. The molecule has 4 nitrogen and oxygen atoms in total. The Morgan fingerprint density at radius 1 is 1.75 bits per heavy atom. The van der Waals surface area contributed by atoms with Gasteiger partial charge in [-0.2, -0.15) is 0 Å². The van der Waals surface area contributed by atoms with Crippen molar-refractivity contribution in [2.45, 2.75) is 12.8 Å². The monoisotopic (exact) mass is 169 g/mol. The van der Waals surface area contributed by atoms with Crippen molar-refractivity contribution in [3.8, 4) is 0 Å². The number of rotatable bonds is 2. The highest BCUT2D eigenvalue weighted by Gasteiger charge is 2.18. The lowest BCUT2D eigenvalue weighted by molar-refractivity contribution is -0.132. The van der Waals surface area contributed by atoms with Crippen LogP contribution >= 0.6 is 0 Å². The van der Waals surface area contributed by atoms with Gasteiger partial charge in [0.05, 0.1) is 18.4 Å². The summed E-state index contributed by atoms with van der Waals surface area (Å²) >= 11 is 0. The van der Waals surface area contributed by atoms with Gasteiger partial charge in [0, 0.05) is 0 Å². The quantitative estimate of drug-likeness (QED) is 0.635. The second-order valence-corrected chi connectivity index (χ2v) is 2.51. The molecular weight excluding hydrogens is 158 g/mol. The van der Waals surface area contributed by atoms with E-state index >= 15 is 0 Å². The van der Waals surface area contributed by atoms with Crippen molar-refractivity contribution in [1.82, 2.24) is 0 Å². The van der Waals surface area contributed by atoms with E-state index in [0.29, 0.717) is 18.6 Å². The lowest BCUT2D eigenvalue weighted by atomic mass is 10.0. The first-order chi connectivity index (χ1) is 5.66. The fourth-order valence-electron chi connectivity index (χ4n) is 1.16. The van der Waals surface area contributed by atoms with E-state index in [0.717, 1.165) is 0 Å². The van der Waals surface area contributed by atoms with E-state index in [4.69, 9.17) is 15.6 Å². The Labute approximate surface area is 70.3 Å². The molecule has 66 valence electrons. The Hall–Kier alpha value is -1.45. The zero-order valence-electron chi connectivity index (χ0n) is 6.83. The molecule has 0 amide bonds. The fraction of sp³-hybridized carbons (Fsp3) is 0.375. The molecule has 0 aromatic rings. The van der Waals surface area contributed by atoms with Gasteiger partial charge in [0.15, 0.2) is 0 Å². The van der Waals surface area contributed by atoms with Gasteiger partial charge in [-0.05, 0) is 18.9 Å². The zero-order valence-corrected chi connectivity index (χ0v) is 6.83. The molecule has 3 N–H and O–H groups in total. The average molecular weight is 169 g/mol. The van der Waals surface area contributed by atoms with E-state index < -0.39 is 5.97 Å². The molecule has 12 heavy (non-hydrogen) atoms. The third-order valence-corrected chi connectivity index (χ3v) is 1.79. The molecule has 0 fully saturated rings. The van der Waals surface area contributed by atoms with Gasteiger partial charge in [0.2, 0.25) is 0 Å². The van der Waals surface area contributed by atoms with Crippen LogP contribution in [0.15, 0.2) is 23.1 Å². The topological polar surface area (TPSA) is 72.5 Å². The van der Waals surface area contributed by atoms with Crippen molar-refractivity contribution in [3.63, 3.8) is 0 Å². The number of carboxylic acids is 1. The molecule has 0 spiro atoms. The van der Waals surface area contributed by atoms with Gasteiger partial charge >= 0.3 is 5.97 Å². The van der Waals surface area contributed by atoms with Crippen molar-refractivity contribution in [2.24, 2.45) is 5.73 Å². The van der Waals surface area contributed by atoms with E-state index in [1.807, 2.05) is 0 Å². The van der Waals surface area contributed by atoms with Gasteiger partial charge in [-0.15, -0.1) is 0 Å². The largest absolute Gasteiger partial charge is 0.495 e. The van der Waals surface area contributed by atoms with Crippen LogP contribution in [0.2, 0.25) is 0 Å². The van der Waals surface area contributed by atoms with Crippen molar-refractivity contribution in [2.75, 3.05) is 7.11 Å². The van der Waals surface area contributed by atoms with E-state index in [1.165, 1.54) is 7.11 Å². The number of hydrogen-bond acceptors (Lipinski definition) is 3. The molecule has 0 aromatic heterocycles. The van der Waals surface area contributed by atoms with Gasteiger partial charge in [0.1, 0.15) is 5.76 Å². The number of carboxylic acid groups (broad SMARTS) is 1. The standard InChI is InChI=1S/C8H11NO3/c1-12-6-4-2-3-5(7(6)9)8(10)11/h4H,2-3,9H2,1H3,(H,10,11). The summed E-state index contributed by atoms with van der Waals surface area (Å²) in [6.07, 6.45) is 2.95. The molecule has 0 aromatic carbocycles. The second kappa shape index (κ2) is 3.30. The van der Waals surface area contributed by atoms with E-state index in [2.05, 4.69) is 0 Å². The van der Waals surface area contributed by atoms with Crippen molar-refractivity contribution >= 4 is 5.97 Å². The summed E-state index contributed by atoms with van der Waals surface area (Å²) in [4.78, 5) is 10.6. The van der Waals surface area contributed by atoms with Crippen LogP contribution in [0.25, 0.3) is 0 Å². The van der Waals surface area contributed by atoms with E-state index in [-0.39, 0.29) is 11.3 Å². The first-order valence-corrected chi connectivity index (χ1v) is 3.63. The molecule has 4 heteroatoms. The minimum atomic E-state index is -0.963. The highest BCUT2D eigenvalue weighted by atomic mass is 16.5. The molecular formula is C8H11NO3. The maximum atomic E-state index is 10.6. The Balaban J connectivity index is 2.98. The van der Waals surface area contributed by atoms with Crippen LogP contribution in [-0.2, 0) is 9.53 Å². The molecule has 0 heterocycles. The molecule has 0 radical (unpaired) electrons. The van der Waals surface area contributed by atoms with E-state index in [9.17, 15) is 4.79 Å². The van der Waals surface area contributed by atoms with Crippen molar-refractivity contribution in [3.05, 3.63) is 23.1 Å². The molecule has 0 aliphatic heterocycles. The molecule has 0 saturated carbocycles. The number of nitrogens with two attached hydrogens (primary N) is 1. The SMILES string of the molecule is COC1=CCCC(C(=O)O)=C1N. The molecule has 0 unspecified atom stereocenters. The number of allylic oxidation sites excluding steroid dienone is 1. The second-order valence-electron chi connectivity index (χ2n) is 2.51. The van der Waals surface area contributed by atoms with Crippen LogP contribution in [-0.4, -0.2) is 18.2 Å². The van der Waals surface area contributed by atoms with E-state index in [1.54, 1.807) is 6.08 Å². The van der Waals surface area contributed by atoms with Gasteiger partial charge < -0.3 is 15.6 Å². The van der Waals surface area contributed by atoms with Crippen LogP contribution in [0, 0.1) is 0 Å². The first-order valence-electron chi connectivity index (χ1n) is 3.63. The number of hydrogen-bond donors (Lipinski definition) is 2. The summed E-state index contributed by atoms with van der Waals surface area (Å²) in [5.41, 5.74) is 6.03. The average Bonchev–Trinajstić information content (AvgIpc) is 2.04. The Bertz CT molecular complexity index is 265. The predicted molar refractivity (Wildman–Crippen MR) is 43.2 cm³/mol. The van der Waals surface area contributed by atoms with Crippen LogP contribution < -0.4 is 5.73 Å². The van der Waals surface area contributed by atoms with Crippen molar-refractivity contribution < 1.29 is 14.6 Å². The lowest BCUT2D eigenvalue weighted by Crippen LogP contribution is -2.16. The zero-order chi connectivity index (χ0) is 9.14. The number of methoxy groups -OCH3 is 1. The normalized spacial score (nSPS) is 17.2. The smallest absolute Gasteiger partial charge is 0.333 e. The summed E-state index contributed by atoms with van der Waals surface area (Å²) in [5, 5.41) is 8.70. The summed E-state index contributed by atoms with van der Waals surface area (Å²) < 4.78 is 4.90. The van der Waals surface area contributed by atoms with Crippen LogP contribution in [0.1, 0.15) is 12.8 Å². The summed E-state index contributed by atoms with van der Waals surface area (Å²) in [6.45, 7) is 0. The maximum absolute atomic E-state index is 10.6. The van der Waals surface area contributed by atoms with Gasteiger partial charge in [-0.3, -0.25) is 0 Å². The summed E-state index contributed by atoms with van der Waals surface area (Å²) in [6, 6.07) is 0. The highest BCUT2D eigenvalue weighted by molar-refractivity contribution is 5.88. The van der Waals surface area contributed by atoms with Crippen molar-refractivity contribution in [1.29, 1.82) is 0 Å². The molecule has 1 aliphatic carbocycles. The number of ether oxygens (including phenoxy) is 1. The van der Waals surface area contributed by atoms with Crippen LogP contribution in [0.3, 0.4) is 0 Å². The van der Waals surface area contributed by atoms with Gasteiger partial charge in [-0.25, -0.2) is 4.79 Å². The molecule has 0 atom stereocenters. The lowest BCUT2D eigenvalue weighted by Gasteiger charge is -2.14. The Morgan fingerprint density at radius 3 is 2.92 bits per heavy atom. The molecule has 0 saturated heterocycles. The molecule has 0 bridgehead atoms. The first kappa shape index (κ1) is 8.64. The number of carbonyl (C=O) groups is 1. The van der Waals surface area contributed by atoms with Gasteiger partial charge in [-0.1, -0.05) is 0 Å². The van der Waals surface area contributed by atoms with Crippen LogP contribution in [0.5, 0.6) is 0 Å². The van der Waals surface area contributed by atoms with Crippen LogP contribution in [0.4, 0.5) is 0 Å². The molecule has 1 aliphatic rings. The minimum absolute atomic E-state index is 0.245. The maximum Gasteiger partial charge on any atom is 0.333 e. The Kier molecular flexibility index (Phi) is 2.38. The third-order valence-electron chi connectivity index (χ3n) is 1.79. The summed E-state index contributed by atoms with van der Waals surface area (Å²) in [5.74, 6) is -0.492. The predicted octanol–water partition coefficient (Wildman–Crippen LogP) is 0.608. The highest BCUT2D eigenvalue weighted by Crippen LogP contribution is 2.21. The van der Waals surface area contributed by atoms with Gasteiger partial charge in [0.25, 0.3) is 0 Å².